The Labute approximate surface area is 114 Å². The molecule has 1 aliphatic rings. The molecular weight excluding hydrogens is 262 g/mol. The summed E-state index contributed by atoms with van der Waals surface area (Å²) in [5.41, 5.74) is 7.72. The fraction of sp³-hybridized carbons (Fsp3) is 0.385. The number of aryl methyl sites for hydroxylation is 1. The SMILES string of the molecule is Cc1ccsc1-c1noc(N)c1C(=O)NC1CCC1. The van der Waals surface area contributed by atoms with Crippen LogP contribution in [0.15, 0.2) is 16.0 Å². The Kier molecular flexibility index (Phi) is 3.02. The monoisotopic (exact) mass is 277 g/mol. The first-order valence-corrected chi connectivity index (χ1v) is 7.15. The van der Waals surface area contributed by atoms with E-state index in [0.717, 1.165) is 23.3 Å². The van der Waals surface area contributed by atoms with Crippen molar-refractivity contribution >= 4 is 23.1 Å². The highest BCUT2D eigenvalue weighted by atomic mass is 32.1. The largest absolute Gasteiger partial charge is 0.367 e. The van der Waals surface area contributed by atoms with Crippen molar-refractivity contribution in [2.75, 3.05) is 5.73 Å². The summed E-state index contributed by atoms with van der Waals surface area (Å²) in [4.78, 5) is 13.2. The maximum absolute atomic E-state index is 12.3. The number of nitrogens with two attached hydrogens (primary N) is 1. The molecule has 0 aromatic carbocycles. The number of hydrogen-bond acceptors (Lipinski definition) is 5. The molecule has 2 aromatic rings. The molecule has 0 unspecified atom stereocenters. The van der Waals surface area contributed by atoms with E-state index in [1.165, 1.54) is 17.8 Å². The molecule has 3 rings (SSSR count). The Morgan fingerprint density at radius 3 is 2.95 bits per heavy atom. The van der Waals surface area contributed by atoms with Crippen molar-refractivity contribution in [1.82, 2.24) is 10.5 Å². The lowest BCUT2D eigenvalue weighted by Gasteiger charge is -2.26. The third kappa shape index (κ3) is 2.12. The fourth-order valence-electron chi connectivity index (χ4n) is 2.10. The number of carbonyl (C=O) groups excluding carboxylic acids is 1. The molecule has 6 heteroatoms. The van der Waals surface area contributed by atoms with Crippen LogP contribution in [0.4, 0.5) is 5.88 Å². The van der Waals surface area contributed by atoms with Gasteiger partial charge in [0, 0.05) is 6.04 Å². The van der Waals surface area contributed by atoms with E-state index in [9.17, 15) is 4.79 Å². The van der Waals surface area contributed by atoms with Gasteiger partial charge in [-0.25, -0.2) is 0 Å². The van der Waals surface area contributed by atoms with Gasteiger partial charge in [-0.05, 0) is 43.2 Å². The summed E-state index contributed by atoms with van der Waals surface area (Å²) in [5.74, 6) is -0.106. The zero-order valence-electron chi connectivity index (χ0n) is 10.6. The summed E-state index contributed by atoms with van der Waals surface area (Å²) in [6.07, 6.45) is 3.23. The molecular formula is C13H15N3O2S. The van der Waals surface area contributed by atoms with Gasteiger partial charge in [0.05, 0.1) is 4.88 Å². The van der Waals surface area contributed by atoms with Crippen molar-refractivity contribution in [3.05, 3.63) is 22.6 Å². The second-order valence-corrected chi connectivity index (χ2v) is 5.72. The predicted molar refractivity (Wildman–Crippen MR) is 74.1 cm³/mol. The van der Waals surface area contributed by atoms with Crippen LogP contribution < -0.4 is 11.1 Å². The number of aromatic nitrogens is 1. The van der Waals surface area contributed by atoms with E-state index in [1.54, 1.807) is 0 Å². The predicted octanol–water partition coefficient (Wildman–Crippen LogP) is 2.58. The molecule has 1 amide bonds. The minimum atomic E-state index is -0.189. The average molecular weight is 277 g/mol. The maximum atomic E-state index is 12.3. The summed E-state index contributed by atoms with van der Waals surface area (Å²) < 4.78 is 5.00. The normalized spacial score (nSPS) is 15.2. The van der Waals surface area contributed by atoms with Gasteiger partial charge in [0.1, 0.15) is 11.3 Å². The quantitative estimate of drug-likeness (QED) is 0.903. The molecule has 0 spiro atoms. The van der Waals surface area contributed by atoms with Crippen molar-refractivity contribution in [1.29, 1.82) is 0 Å². The van der Waals surface area contributed by atoms with Crippen LogP contribution in [0.3, 0.4) is 0 Å². The van der Waals surface area contributed by atoms with Crippen LogP contribution in [0.25, 0.3) is 10.6 Å². The number of anilines is 1. The first-order chi connectivity index (χ1) is 9.16. The van der Waals surface area contributed by atoms with Gasteiger partial charge >= 0.3 is 0 Å². The van der Waals surface area contributed by atoms with Crippen molar-refractivity contribution in [3.63, 3.8) is 0 Å². The van der Waals surface area contributed by atoms with Crippen LogP contribution in [0.2, 0.25) is 0 Å². The Morgan fingerprint density at radius 2 is 2.37 bits per heavy atom. The van der Waals surface area contributed by atoms with Gasteiger partial charge in [-0.2, -0.15) is 0 Å². The van der Waals surface area contributed by atoms with Gasteiger partial charge in [0.2, 0.25) is 5.88 Å². The Morgan fingerprint density at radius 1 is 1.58 bits per heavy atom. The molecule has 19 heavy (non-hydrogen) atoms. The highest BCUT2D eigenvalue weighted by Crippen LogP contribution is 2.33. The number of nitrogens with zero attached hydrogens (tertiary/aromatic N) is 1. The molecule has 5 nitrogen and oxygen atoms in total. The second kappa shape index (κ2) is 4.70. The second-order valence-electron chi connectivity index (χ2n) is 4.80. The third-order valence-corrected chi connectivity index (χ3v) is 4.49. The molecule has 3 N–H and O–H groups in total. The van der Waals surface area contributed by atoms with Gasteiger partial charge in [0.25, 0.3) is 5.91 Å². The van der Waals surface area contributed by atoms with Gasteiger partial charge in [0.15, 0.2) is 0 Å². The van der Waals surface area contributed by atoms with Crippen molar-refractivity contribution in [2.45, 2.75) is 32.2 Å². The molecule has 2 aromatic heterocycles. The number of hydrogen-bond donors (Lipinski definition) is 2. The van der Waals surface area contributed by atoms with Gasteiger partial charge in [-0.1, -0.05) is 5.16 Å². The standard InChI is InChI=1S/C13H15N3O2S/c1-7-5-6-19-11(7)10-9(12(14)18-16-10)13(17)15-8-3-2-4-8/h5-6,8H,2-4,14H2,1H3,(H,15,17). The van der Waals surface area contributed by atoms with E-state index in [4.69, 9.17) is 10.3 Å². The average Bonchev–Trinajstić information content (AvgIpc) is 2.89. The smallest absolute Gasteiger partial charge is 0.259 e. The van der Waals surface area contributed by atoms with Crippen LogP contribution in [-0.2, 0) is 0 Å². The molecule has 1 saturated carbocycles. The molecule has 2 heterocycles. The van der Waals surface area contributed by atoms with E-state index in [1.807, 2.05) is 18.4 Å². The lowest BCUT2D eigenvalue weighted by molar-refractivity contribution is 0.0918. The summed E-state index contributed by atoms with van der Waals surface area (Å²) in [6, 6.07) is 2.25. The number of amides is 1. The topological polar surface area (TPSA) is 81.2 Å². The molecule has 0 saturated heterocycles. The maximum Gasteiger partial charge on any atom is 0.259 e. The van der Waals surface area contributed by atoms with E-state index < -0.39 is 0 Å². The molecule has 100 valence electrons. The van der Waals surface area contributed by atoms with Crippen molar-refractivity contribution in [2.24, 2.45) is 0 Å². The van der Waals surface area contributed by atoms with Crippen LogP contribution in [0.5, 0.6) is 0 Å². The molecule has 1 aliphatic carbocycles. The highest BCUT2D eigenvalue weighted by Gasteiger charge is 2.27. The molecule has 0 bridgehead atoms. The molecule has 0 atom stereocenters. The number of thiophene rings is 1. The Balaban J connectivity index is 1.94. The zero-order valence-corrected chi connectivity index (χ0v) is 11.4. The lowest BCUT2D eigenvalue weighted by atomic mass is 9.93. The molecule has 0 aliphatic heterocycles. The van der Waals surface area contributed by atoms with Crippen molar-refractivity contribution in [3.8, 4) is 10.6 Å². The Bertz CT molecular complexity index is 613. The van der Waals surface area contributed by atoms with E-state index in [0.29, 0.717) is 11.3 Å². The number of nitrogens with one attached hydrogen (secondary N) is 1. The first-order valence-electron chi connectivity index (χ1n) is 6.27. The minimum Gasteiger partial charge on any atom is -0.367 e. The van der Waals surface area contributed by atoms with Crippen LogP contribution in [0.1, 0.15) is 35.2 Å². The number of carbonyl (C=O) groups is 1. The summed E-state index contributed by atoms with van der Waals surface area (Å²) in [7, 11) is 0. The molecule has 0 radical (unpaired) electrons. The summed E-state index contributed by atoms with van der Waals surface area (Å²) in [6.45, 7) is 1.98. The Hall–Kier alpha value is -1.82. The highest BCUT2D eigenvalue weighted by molar-refractivity contribution is 7.13. The molecule has 1 fully saturated rings. The van der Waals surface area contributed by atoms with Gasteiger partial charge in [-0.3, -0.25) is 4.79 Å². The zero-order chi connectivity index (χ0) is 13.4. The van der Waals surface area contributed by atoms with Gasteiger partial charge < -0.3 is 15.6 Å². The number of rotatable bonds is 3. The summed E-state index contributed by atoms with van der Waals surface area (Å²) >= 11 is 1.53. The van der Waals surface area contributed by atoms with E-state index >= 15 is 0 Å². The van der Waals surface area contributed by atoms with E-state index in [2.05, 4.69) is 10.5 Å². The minimum absolute atomic E-state index is 0.0830. The lowest BCUT2D eigenvalue weighted by Crippen LogP contribution is -2.39. The van der Waals surface area contributed by atoms with Gasteiger partial charge in [-0.15, -0.1) is 11.3 Å². The number of nitrogen functional groups attached to an aromatic ring is 1. The summed E-state index contributed by atoms with van der Waals surface area (Å²) in [5, 5.41) is 8.87. The first kappa shape index (κ1) is 12.2. The van der Waals surface area contributed by atoms with Crippen LogP contribution in [0, 0.1) is 6.92 Å². The van der Waals surface area contributed by atoms with Crippen molar-refractivity contribution < 1.29 is 9.32 Å². The fourth-order valence-corrected chi connectivity index (χ4v) is 3.02. The van der Waals surface area contributed by atoms with E-state index in [-0.39, 0.29) is 17.8 Å². The third-order valence-electron chi connectivity index (χ3n) is 3.46. The van der Waals surface area contributed by atoms with Crippen LogP contribution in [-0.4, -0.2) is 17.1 Å². The van der Waals surface area contributed by atoms with Crippen LogP contribution >= 0.6 is 11.3 Å².